The van der Waals surface area contributed by atoms with Gasteiger partial charge in [0.05, 0.1) is 22.7 Å². The summed E-state index contributed by atoms with van der Waals surface area (Å²) < 4.78 is 0. The van der Waals surface area contributed by atoms with Gasteiger partial charge in [0.25, 0.3) is 0 Å². The van der Waals surface area contributed by atoms with Crippen molar-refractivity contribution in [1.29, 1.82) is 0 Å². The van der Waals surface area contributed by atoms with Crippen molar-refractivity contribution in [2.24, 2.45) is 0 Å². The summed E-state index contributed by atoms with van der Waals surface area (Å²) in [6.45, 7) is 2.21. The lowest BCUT2D eigenvalue weighted by Gasteiger charge is -2.41. The Kier molecular flexibility index (Phi) is 4.40. The second-order valence-electron chi connectivity index (χ2n) is 9.17. The lowest BCUT2D eigenvalue weighted by atomic mass is 10.00. The minimum absolute atomic E-state index is 1.17. The molecule has 1 aliphatic rings. The maximum absolute atomic E-state index is 2.42. The summed E-state index contributed by atoms with van der Waals surface area (Å²) in [7, 11) is 0. The van der Waals surface area contributed by atoms with Gasteiger partial charge in [0.2, 0.25) is 0 Å². The second-order valence-corrected chi connectivity index (χ2v) is 9.17. The number of aryl methyl sites for hydroxylation is 1. The van der Waals surface area contributed by atoms with E-state index in [1.807, 2.05) is 0 Å². The van der Waals surface area contributed by atoms with Crippen molar-refractivity contribution in [3.05, 3.63) is 133 Å². The summed E-state index contributed by atoms with van der Waals surface area (Å²) in [5.74, 6) is 0. The van der Waals surface area contributed by atoms with Crippen LogP contribution in [0.5, 0.6) is 0 Å². The minimum Gasteiger partial charge on any atom is -0.306 e. The number of benzene rings is 6. The molecular formula is C33H24N2. The first-order valence-electron chi connectivity index (χ1n) is 12.0. The smallest absolute Gasteiger partial charge is 0.0732 e. The highest BCUT2D eigenvalue weighted by Crippen LogP contribution is 2.55. The largest absolute Gasteiger partial charge is 0.306 e. The van der Waals surface area contributed by atoms with Crippen molar-refractivity contribution >= 4 is 55.7 Å². The van der Waals surface area contributed by atoms with E-state index in [0.717, 1.165) is 0 Å². The van der Waals surface area contributed by atoms with E-state index in [1.165, 1.54) is 61.2 Å². The van der Waals surface area contributed by atoms with Crippen LogP contribution in [0.2, 0.25) is 0 Å². The predicted octanol–water partition coefficient (Wildman–Crippen LogP) is 9.55. The molecule has 2 nitrogen and oxygen atoms in total. The van der Waals surface area contributed by atoms with Crippen molar-refractivity contribution in [2.75, 3.05) is 9.80 Å². The van der Waals surface area contributed by atoms with E-state index in [2.05, 4.69) is 144 Å². The van der Waals surface area contributed by atoms with Gasteiger partial charge in [0, 0.05) is 11.4 Å². The molecule has 1 aliphatic heterocycles. The Labute approximate surface area is 205 Å². The first kappa shape index (κ1) is 19.9. The zero-order chi connectivity index (χ0) is 23.4. The third-order valence-electron chi connectivity index (χ3n) is 7.03. The first-order chi connectivity index (χ1) is 17.3. The van der Waals surface area contributed by atoms with E-state index in [-0.39, 0.29) is 0 Å². The Morgan fingerprint density at radius 1 is 0.400 bits per heavy atom. The molecule has 0 aromatic heterocycles. The molecule has 6 aromatic rings. The van der Waals surface area contributed by atoms with Crippen LogP contribution in [0.4, 0.5) is 34.1 Å². The monoisotopic (exact) mass is 448 g/mol. The molecule has 6 aromatic carbocycles. The van der Waals surface area contributed by atoms with Gasteiger partial charge < -0.3 is 9.80 Å². The van der Waals surface area contributed by atoms with Crippen LogP contribution in [0.1, 0.15) is 5.56 Å². The zero-order valence-electron chi connectivity index (χ0n) is 19.5. The Hall–Kier alpha value is -4.56. The third-order valence-corrected chi connectivity index (χ3v) is 7.03. The fraction of sp³-hybridized carbons (Fsp3) is 0.0303. The molecule has 0 N–H and O–H groups in total. The highest BCUT2D eigenvalue weighted by atomic mass is 15.3. The topological polar surface area (TPSA) is 6.48 Å². The highest BCUT2D eigenvalue weighted by molar-refractivity contribution is 6.04. The van der Waals surface area contributed by atoms with Gasteiger partial charge >= 0.3 is 0 Å². The number of hydrogen-bond donors (Lipinski definition) is 0. The van der Waals surface area contributed by atoms with Crippen molar-refractivity contribution < 1.29 is 0 Å². The molecule has 7 rings (SSSR count). The molecule has 0 unspecified atom stereocenters. The molecule has 1 heterocycles. The summed E-state index contributed by atoms with van der Waals surface area (Å²) in [6, 6.07) is 46.0. The summed E-state index contributed by atoms with van der Waals surface area (Å²) >= 11 is 0. The van der Waals surface area contributed by atoms with Gasteiger partial charge in [-0.2, -0.15) is 0 Å². The maximum Gasteiger partial charge on any atom is 0.0732 e. The van der Waals surface area contributed by atoms with Gasteiger partial charge in [-0.3, -0.25) is 0 Å². The van der Waals surface area contributed by atoms with E-state index in [1.54, 1.807) is 0 Å². The van der Waals surface area contributed by atoms with E-state index in [4.69, 9.17) is 0 Å². The fourth-order valence-electron chi connectivity index (χ4n) is 5.39. The van der Waals surface area contributed by atoms with Gasteiger partial charge in [-0.25, -0.2) is 0 Å². The number of hydrogen-bond acceptors (Lipinski definition) is 2. The van der Waals surface area contributed by atoms with Crippen LogP contribution in [-0.2, 0) is 0 Å². The average Bonchev–Trinajstić information content (AvgIpc) is 2.91. The third kappa shape index (κ3) is 3.11. The summed E-state index contributed by atoms with van der Waals surface area (Å²) in [6.07, 6.45) is 0. The quantitative estimate of drug-likeness (QED) is 0.260. The minimum atomic E-state index is 1.17. The summed E-state index contributed by atoms with van der Waals surface area (Å²) in [4.78, 5) is 4.83. The Balaban J connectivity index is 1.50. The van der Waals surface area contributed by atoms with Gasteiger partial charge in [-0.1, -0.05) is 84.9 Å². The fourth-order valence-corrected chi connectivity index (χ4v) is 5.39. The molecule has 166 valence electrons. The van der Waals surface area contributed by atoms with Crippen LogP contribution in [0.3, 0.4) is 0 Å². The van der Waals surface area contributed by atoms with E-state index in [9.17, 15) is 0 Å². The molecule has 0 spiro atoms. The summed E-state index contributed by atoms with van der Waals surface area (Å²) in [5.41, 5.74) is 8.34. The number of rotatable bonds is 2. The molecule has 0 atom stereocenters. The van der Waals surface area contributed by atoms with Crippen molar-refractivity contribution in [1.82, 2.24) is 0 Å². The van der Waals surface area contributed by atoms with Crippen LogP contribution in [0, 0.1) is 6.92 Å². The molecule has 0 saturated heterocycles. The van der Waals surface area contributed by atoms with Gasteiger partial charge in [-0.15, -0.1) is 0 Å². The van der Waals surface area contributed by atoms with E-state index in [0.29, 0.717) is 0 Å². The first-order valence-corrected chi connectivity index (χ1v) is 12.0. The molecular weight excluding hydrogens is 424 g/mol. The lowest BCUT2D eigenvalue weighted by molar-refractivity contribution is 1.16. The highest BCUT2D eigenvalue weighted by Gasteiger charge is 2.31. The van der Waals surface area contributed by atoms with Crippen molar-refractivity contribution in [2.45, 2.75) is 6.92 Å². The van der Waals surface area contributed by atoms with Crippen molar-refractivity contribution in [3.63, 3.8) is 0 Å². The molecule has 2 heteroatoms. The summed E-state index contributed by atoms with van der Waals surface area (Å²) in [5, 5.41) is 5.00. The molecule has 0 saturated carbocycles. The molecule has 35 heavy (non-hydrogen) atoms. The molecule has 0 radical (unpaired) electrons. The van der Waals surface area contributed by atoms with Gasteiger partial charge in [-0.05, 0) is 76.5 Å². The number of fused-ring (bicyclic) bond motifs is 4. The van der Waals surface area contributed by atoms with Crippen molar-refractivity contribution in [3.8, 4) is 0 Å². The SMILES string of the molecule is Cc1cccc2c1N(c1ccc3ccccc3c1)c1ccccc1N2c1ccc2ccccc2c1. The zero-order valence-corrected chi connectivity index (χ0v) is 19.5. The van der Waals surface area contributed by atoms with Crippen LogP contribution >= 0.6 is 0 Å². The average molecular weight is 449 g/mol. The Morgan fingerprint density at radius 3 is 1.51 bits per heavy atom. The Bertz CT molecular complexity index is 1730. The molecule has 0 fully saturated rings. The molecule has 0 bridgehead atoms. The normalized spacial score (nSPS) is 12.6. The van der Waals surface area contributed by atoms with Crippen LogP contribution in [-0.4, -0.2) is 0 Å². The lowest BCUT2D eigenvalue weighted by Crippen LogP contribution is -2.24. The van der Waals surface area contributed by atoms with E-state index < -0.39 is 0 Å². The number of para-hydroxylation sites is 3. The van der Waals surface area contributed by atoms with Gasteiger partial charge in [0.1, 0.15) is 0 Å². The molecule has 0 aliphatic carbocycles. The standard InChI is InChI=1S/C33H24N2/c1-23-9-8-16-32-33(23)35(29-20-18-25-11-3-5-13-27(25)22-29)31-15-7-6-14-30(31)34(32)28-19-17-24-10-2-4-12-26(24)21-28/h2-22H,1H3. The van der Waals surface area contributed by atoms with Gasteiger partial charge in [0.15, 0.2) is 0 Å². The predicted molar refractivity (Wildman–Crippen MR) is 149 cm³/mol. The number of nitrogens with zero attached hydrogens (tertiary/aromatic N) is 2. The maximum atomic E-state index is 2.42. The number of anilines is 6. The Morgan fingerprint density at radius 2 is 0.886 bits per heavy atom. The van der Waals surface area contributed by atoms with Crippen LogP contribution in [0.25, 0.3) is 21.5 Å². The van der Waals surface area contributed by atoms with E-state index >= 15 is 0 Å². The van der Waals surface area contributed by atoms with Crippen LogP contribution < -0.4 is 9.80 Å². The van der Waals surface area contributed by atoms with Crippen LogP contribution in [0.15, 0.2) is 127 Å². The second kappa shape index (κ2) is 7.75. The molecule has 0 amide bonds.